The summed E-state index contributed by atoms with van der Waals surface area (Å²) in [6.45, 7) is 0.300. The minimum atomic E-state index is 0.00654. The fourth-order valence-electron chi connectivity index (χ4n) is 1.15. The Kier molecular flexibility index (Phi) is 2.89. The normalized spacial score (nSPS) is 10.2. The van der Waals surface area contributed by atoms with Crippen LogP contribution in [0.25, 0.3) is 11.4 Å². The van der Waals surface area contributed by atoms with Gasteiger partial charge in [0, 0.05) is 5.56 Å². The van der Waals surface area contributed by atoms with Gasteiger partial charge in [0.2, 0.25) is 5.82 Å². The summed E-state index contributed by atoms with van der Waals surface area (Å²) in [5, 5.41) is 22.1. The molecule has 0 aliphatic heterocycles. The second-order valence-corrected chi connectivity index (χ2v) is 2.83. The molecule has 0 saturated heterocycles. The van der Waals surface area contributed by atoms with Crippen LogP contribution in [0.5, 0.6) is 5.75 Å². The summed E-state index contributed by atoms with van der Waals surface area (Å²) in [6.07, 6.45) is 0. The Labute approximate surface area is 85.9 Å². The molecule has 0 aliphatic carbocycles. The molecule has 2 rings (SSSR count). The van der Waals surface area contributed by atoms with Gasteiger partial charge >= 0.3 is 0 Å². The van der Waals surface area contributed by atoms with Crippen molar-refractivity contribution in [3.05, 3.63) is 24.3 Å². The third-order valence-corrected chi connectivity index (χ3v) is 1.82. The van der Waals surface area contributed by atoms with Crippen molar-refractivity contribution in [2.75, 3.05) is 13.2 Å². The predicted molar refractivity (Wildman–Crippen MR) is 52.2 cm³/mol. The second kappa shape index (κ2) is 4.52. The number of tetrazole rings is 1. The van der Waals surface area contributed by atoms with E-state index in [0.29, 0.717) is 18.2 Å². The van der Waals surface area contributed by atoms with E-state index >= 15 is 0 Å². The van der Waals surface area contributed by atoms with E-state index in [1.54, 1.807) is 12.1 Å². The molecule has 2 aromatic rings. The van der Waals surface area contributed by atoms with Gasteiger partial charge in [0.25, 0.3) is 0 Å². The fraction of sp³-hybridized carbons (Fsp3) is 0.222. The first-order chi connectivity index (χ1) is 7.40. The molecule has 78 valence electrons. The van der Waals surface area contributed by atoms with Gasteiger partial charge < -0.3 is 9.84 Å². The zero-order valence-electron chi connectivity index (χ0n) is 7.92. The summed E-state index contributed by atoms with van der Waals surface area (Å²) in [5.41, 5.74) is 0.861. The summed E-state index contributed by atoms with van der Waals surface area (Å²) in [6, 6.07) is 7.25. The van der Waals surface area contributed by atoms with Crippen LogP contribution in [0.15, 0.2) is 24.3 Å². The summed E-state index contributed by atoms with van der Waals surface area (Å²) in [5.74, 6) is 1.25. The monoisotopic (exact) mass is 206 g/mol. The molecule has 1 heterocycles. The van der Waals surface area contributed by atoms with Gasteiger partial charge in [0.05, 0.1) is 6.61 Å². The standard InChI is InChI=1S/C9H10N4O2/c14-5-6-15-8-3-1-7(2-4-8)9-10-12-13-11-9/h1-4,14H,5-6H2,(H,10,11,12,13). The zero-order valence-corrected chi connectivity index (χ0v) is 7.92. The molecular formula is C9H10N4O2. The van der Waals surface area contributed by atoms with Gasteiger partial charge in [-0.15, -0.1) is 10.2 Å². The lowest BCUT2D eigenvalue weighted by Gasteiger charge is -2.03. The van der Waals surface area contributed by atoms with Crippen LogP contribution in [0.2, 0.25) is 0 Å². The number of aromatic amines is 1. The van der Waals surface area contributed by atoms with E-state index in [1.165, 1.54) is 0 Å². The van der Waals surface area contributed by atoms with Crippen LogP contribution in [0.4, 0.5) is 0 Å². The van der Waals surface area contributed by atoms with E-state index in [9.17, 15) is 0 Å². The van der Waals surface area contributed by atoms with E-state index in [2.05, 4.69) is 20.6 Å². The first-order valence-corrected chi connectivity index (χ1v) is 4.47. The smallest absolute Gasteiger partial charge is 0.204 e. The number of rotatable bonds is 4. The van der Waals surface area contributed by atoms with Crippen molar-refractivity contribution >= 4 is 0 Å². The number of benzene rings is 1. The van der Waals surface area contributed by atoms with E-state index in [-0.39, 0.29) is 6.61 Å². The van der Waals surface area contributed by atoms with E-state index in [4.69, 9.17) is 9.84 Å². The fourth-order valence-corrected chi connectivity index (χ4v) is 1.15. The van der Waals surface area contributed by atoms with Crippen LogP contribution in [0.3, 0.4) is 0 Å². The largest absolute Gasteiger partial charge is 0.491 e. The molecule has 1 aromatic carbocycles. The van der Waals surface area contributed by atoms with Crippen LogP contribution in [0, 0.1) is 0 Å². The molecule has 0 radical (unpaired) electrons. The number of aliphatic hydroxyl groups excluding tert-OH is 1. The minimum Gasteiger partial charge on any atom is -0.491 e. The first-order valence-electron chi connectivity index (χ1n) is 4.47. The van der Waals surface area contributed by atoms with Gasteiger partial charge in [-0.2, -0.15) is 5.21 Å². The number of nitrogens with one attached hydrogen (secondary N) is 1. The SMILES string of the molecule is OCCOc1ccc(-c2nn[nH]n2)cc1. The maximum absolute atomic E-state index is 8.57. The number of hydrogen-bond donors (Lipinski definition) is 2. The Hall–Kier alpha value is -1.95. The molecule has 0 fully saturated rings. The Bertz CT molecular complexity index is 399. The number of H-pyrrole nitrogens is 1. The van der Waals surface area contributed by atoms with Crippen LogP contribution in [0.1, 0.15) is 0 Å². The second-order valence-electron chi connectivity index (χ2n) is 2.83. The lowest BCUT2D eigenvalue weighted by Crippen LogP contribution is -2.01. The third kappa shape index (κ3) is 2.29. The van der Waals surface area contributed by atoms with Crippen molar-refractivity contribution in [2.45, 2.75) is 0 Å². The van der Waals surface area contributed by atoms with Crippen molar-refractivity contribution in [3.8, 4) is 17.1 Å². The quantitative estimate of drug-likeness (QED) is 0.748. The van der Waals surface area contributed by atoms with Crippen molar-refractivity contribution in [1.29, 1.82) is 0 Å². The number of aromatic nitrogens is 4. The highest BCUT2D eigenvalue weighted by Gasteiger charge is 2.02. The molecule has 0 spiro atoms. The van der Waals surface area contributed by atoms with Crippen LogP contribution >= 0.6 is 0 Å². The lowest BCUT2D eigenvalue weighted by molar-refractivity contribution is 0.201. The molecule has 0 bridgehead atoms. The van der Waals surface area contributed by atoms with Crippen LogP contribution in [-0.2, 0) is 0 Å². The Morgan fingerprint density at radius 1 is 1.27 bits per heavy atom. The highest BCUT2D eigenvalue weighted by atomic mass is 16.5. The summed E-state index contributed by atoms with van der Waals surface area (Å²) < 4.78 is 5.21. The molecule has 0 atom stereocenters. The number of aliphatic hydroxyl groups is 1. The Morgan fingerprint density at radius 2 is 2.07 bits per heavy atom. The Balaban J connectivity index is 2.11. The summed E-state index contributed by atoms with van der Waals surface area (Å²) in [7, 11) is 0. The molecule has 6 heteroatoms. The Morgan fingerprint density at radius 3 is 2.67 bits per heavy atom. The van der Waals surface area contributed by atoms with Gasteiger partial charge in [-0.1, -0.05) is 0 Å². The van der Waals surface area contributed by atoms with E-state index in [1.807, 2.05) is 12.1 Å². The first kappa shape index (κ1) is 9.60. The van der Waals surface area contributed by atoms with E-state index in [0.717, 1.165) is 5.56 Å². The molecule has 0 amide bonds. The van der Waals surface area contributed by atoms with Crippen molar-refractivity contribution in [1.82, 2.24) is 20.6 Å². The van der Waals surface area contributed by atoms with Crippen molar-refractivity contribution < 1.29 is 9.84 Å². The van der Waals surface area contributed by atoms with Crippen molar-refractivity contribution in [2.24, 2.45) is 0 Å². The molecule has 6 nitrogen and oxygen atoms in total. The van der Waals surface area contributed by atoms with Crippen molar-refractivity contribution in [3.63, 3.8) is 0 Å². The average Bonchev–Trinajstić information content (AvgIpc) is 2.80. The topological polar surface area (TPSA) is 83.9 Å². The van der Waals surface area contributed by atoms with Crippen LogP contribution in [-0.4, -0.2) is 38.9 Å². The molecule has 1 aromatic heterocycles. The molecule has 0 aliphatic rings. The van der Waals surface area contributed by atoms with Crippen LogP contribution < -0.4 is 4.74 Å². The molecule has 0 saturated carbocycles. The highest BCUT2D eigenvalue weighted by molar-refractivity contribution is 5.54. The zero-order chi connectivity index (χ0) is 10.5. The number of hydrogen-bond acceptors (Lipinski definition) is 5. The maximum atomic E-state index is 8.57. The molecule has 15 heavy (non-hydrogen) atoms. The minimum absolute atomic E-state index is 0.00654. The molecular weight excluding hydrogens is 196 g/mol. The van der Waals surface area contributed by atoms with Gasteiger partial charge in [-0.05, 0) is 29.5 Å². The van der Waals surface area contributed by atoms with Gasteiger partial charge in [0.1, 0.15) is 12.4 Å². The average molecular weight is 206 g/mol. The predicted octanol–water partition coefficient (Wildman–Crippen LogP) is 0.238. The summed E-state index contributed by atoms with van der Waals surface area (Å²) >= 11 is 0. The van der Waals surface area contributed by atoms with Gasteiger partial charge in [-0.3, -0.25) is 0 Å². The van der Waals surface area contributed by atoms with Gasteiger partial charge in [0.15, 0.2) is 0 Å². The summed E-state index contributed by atoms with van der Waals surface area (Å²) in [4.78, 5) is 0. The lowest BCUT2D eigenvalue weighted by atomic mass is 10.2. The third-order valence-electron chi connectivity index (χ3n) is 1.82. The van der Waals surface area contributed by atoms with E-state index < -0.39 is 0 Å². The van der Waals surface area contributed by atoms with Gasteiger partial charge in [-0.25, -0.2) is 0 Å². The number of nitrogens with zero attached hydrogens (tertiary/aromatic N) is 3. The molecule has 2 N–H and O–H groups in total. The molecule has 0 unspecified atom stereocenters. The highest BCUT2D eigenvalue weighted by Crippen LogP contribution is 2.17. The number of ether oxygens (including phenoxy) is 1. The maximum Gasteiger partial charge on any atom is 0.204 e.